The summed E-state index contributed by atoms with van der Waals surface area (Å²) in [5, 5.41) is 2.32. The molecular weight excluding hydrogens is 458 g/mol. The number of benzene rings is 1. The van der Waals surface area contributed by atoms with Crippen molar-refractivity contribution in [3.63, 3.8) is 0 Å². The highest BCUT2D eigenvalue weighted by Gasteiger charge is 2.39. The number of nitrogens with one attached hydrogen (secondary N) is 1. The van der Waals surface area contributed by atoms with Gasteiger partial charge in [-0.2, -0.15) is 0 Å². The highest BCUT2D eigenvalue weighted by Crippen LogP contribution is 2.29. The number of likely N-dealkylation sites (tertiary alicyclic amines) is 1. The molecular formula is C28H33N3O5. The zero-order valence-electron chi connectivity index (χ0n) is 20.6. The lowest BCUT2D eigenvalue weighted by molar-refractivity contribution is -0.139. The maximum absolute atomic E-state index is 12.8. The Labute approximate surface area is 211 Å². The van der Waals surface area contributed by atoms with Crippen LogP contribution in [0.1, 0.15) is 79.3 Å². The van der Waals surface area contributed by atoms with Gasteiger partial charge in [0.2, 0.25) is 17.7 Å². The van der Waals surface area contributed by atoms with E-state index in [1.807, 2.05) is 17.0 Å². The second kappa shape index (κ2) is 10.8. The first-order valence-electron chi connectivity index (χ1n) is 13.2. The van der Waals surface area contributed by atoms with Gasteiger partial charge < -0.3 is 14.5 Å². The van der Waals surface area contributed by atoms with E-state index in [0.717, 1.165) is 49.9 Å². The summed E-state index contributed by atoms with van der Waals surface area (Å²) >= 11 is 0. The van der Waals surface area contributed by atoms with Crippen LogP contribution in [0.2, 0.25) is 0 Å². The lowest BCUT2D eigenvalue weighted by atomic mass is 9.88. The molecule has 8 heteroatoms. The van der Waals surface area contributed by atoms with Crippen LogP contribution in [0.3, 0.4) is 0 Å². The fourth-order valence-corrected chi connectivity index (χ4v) is 5.80. The first-order chi connectivity index (χ1) is 17.5. The number of piperidine rings is 2. The molecule has 36 heavy (non-hydrogen) atoms. The van der Waals surface area contributed by atoms with Gasteiger partial charge in [-0.05, 0) is 55.9 Å². The number of imide groups is 1. The number of nitrogens with zero attached hydrogens (tertiary/aromatic N) is 2. The summed E-state index contributed by atoms with van der Waals surface area (Å²) in [4.78, 5) is 52.7. The molecule has 0 aromatic heterocycles. The van der Waals surface area contributed by atoms with Gasteiger partial charge in [-0.15, -0.1) is 0 Å². The third-order valence-electron chi connectivity index (χ3n) is 7.86. The van der Waals surface area contributed by atoms with Gasteiger partial charge in [0.05, 0.1) is 6.10 Å². The standard InChI is InChI=1S/C28H33N3O5/c32-25-11-10-24(26(33)29-25)31-18-21-17-19(8-9-23(21)28(31)35)5-4-16-36-22-12-14-30(15-13-22)27(34)20-6-2-1-3-7-20/h8-9,17,20,22,24H,1-3,6-7,10-16,18H2,(H,29,32,33). The summed E-state index contributed by atoms with van der Waals surface area (Å²) in [7, 11) is 0. The highest BCUT2D eigenvalue weighted by molar-refractivity contribution is 6.05. The summed E-state index contributed by atoms with van der Waals surface area (Å²) in [6.07, 6.45) is 8.08. The molecule has 4 amide bonds. The van der Waals surface area contributed by atoms with Gasteiger partial charge in [-0.1, -0.05) is 31.1 Å². The van der Waals surface area contributed by atoms with Crippen molar-refractivity contribution in [1.29, 1.82) is 0 Å². The lowest BCUT2D eigenvalue weighted by Crippen LogP contribution is -2.52. The second-order valence-electron chi connectivity index (χ2n) is 10.2. The van der Waals surface area contributed by atoms with Crippen LogP contribution < -0.4 is 5.32 Å². The lowest BCUT2D eigenvalue weighted by Gasteiger charge is -2.34. The van der Waals surface area contributed by atoms with E-state index < -0.39 is 11.9 Å². The average molecular weight is 492 g/mol. The van der Waals surface area contributed by atoms with E-state index in [1.54, 1.807) is 6.07 Å². The predicted molar refractivity (Wildman–Crippen MR) is 131 cm³/mol. The number of carbonyl (C=O) groups excluding carboxylic acids is 4. The molecule has 8 nitrogen and oxygen atoms in total. The molecule has 1 aromatic rings. The Morgan fingerprint density at radius 3 is 2.56 bits per heavy atom. The summed E-state index contributed by atoms with van der Waals surface area (Å²) in [5.74, 6) is 5.85. The summed E-state index contributed by atoms with van der Waals surface area (Å²) in [6.45, 7) is 2.18. The van der Waals surface area contributed by atoms with Crippen molar-refractivity contribution in [2.75, 3.05) is 19.7 Å². The van der Waals surface area contributed by atoms with Crippen molar-refractivity contribution in [2.45, 2.75) is 76.5 Å². The molecule has 5 rings (SSSR count). The van der Waals surface area contributed by atoms with Crippen LogP contribution in [0.15, 0.2) is 18.2 Å². The van der Waals surface area contributed by atoms with Crippen molar-refractivity contribution < 1.29 is 23.9 Å². The van der Waals surface area contributed by atoms with Crippen LogP contribution in [0, 0.1) is 17.8 Å². The largest absolute Gasteiger partial charge is 0.365 e. The van der Waals surface area contributed by atoms with Crippen molar-refractivity contribution in [1.82, 2.24) is 15.1 Å². The molecule has 1 aromatic carbocycles. The molecule has 3 aliphatic heterocycles. The van der Waals surface area contributed by atoms with Crippen LogP contribution >= 0.6 is 0 Å². The first-order valence-corrected chi connectivity index (χ1v) is 13.2. The zero-order valence-corrected chi connectivity index (χ0v) is 20.6. The van der Waals surface area contributed by atoms with Gasteiger partial charge in [0, 0.05) is 43.1 Å². The van der Waals surface area contributed by atoms with Crippen LogP contribution in [0.25, 0.3) is 0 Å². The Balaban J connectivity index is 1.09. The van der Waals surface area contributed by atoms with E-state index in [-0.39, 0.29) is 30.3 Å². The minimum atomic E-state index is -0.616. The summed E-state index contributed by atoms with van der Waals surface area (Å²) in [5.41, 5.74) is 2.21. The van der Waals surface area contributed by atoms with Crippen molar-refractivity contribution in [2.24, 2.45) is 5.92 Å². The molecule has 1 aliphatic carbocycles. The Bertz CT molecular complexity index is 1110. The third kappa shape index (κ3) is 5.31. The Hall–Kier alpha value is -3.18. The van der Waals surface area contributed by atoms with Gasteiger partial charge >= 0.3 is 0 Å². The van der Waals surface area contributed by atoms with Crippen molar-refractivity contribution >= 4 is 23.6 Å². The molecule has 0 spiro atoms. The fourth-order valence-electron chi connectivity index (χ4n) is 5.80. The molecule has 3 fully saturated rings. The smallest absolute Gasteiger partial charge is 0.255 e. The van der Waals surface area contributed by atoms with Crippen LogP contribution in [-0.4, -0.2) is 65.3 Å². The number of hydrogen-bond donors (Lipinski definition) is 1. The number of fused-ring (bicyclic) bond motifs is 1. The number of ether oxygens (including phenoxy) is 1. The number of amides is 4. The molecule has 2 saturated heterocycles. The van der Waals surface area contributed by atoms with Gasteiger partial charge in [0.25, 0.3) is 5.91 Å². The molecule has 1 unspecified atom stereocenters. The van der Waals surface area contributed by atoms with E-state index in [9.17, 15) is 19.2 Å². The van der Waals surface area contributed by atoms with Gasteiger partial charge in [0.15, 0.2) is 0 Å². The fraction of sp³-hybridized carbons (Fsp3) is 0.571. The van der Waals surface area contributed by atoms with Gasteiger partial charge in [-0.25, -0.2) is 0 Å². The quantitative estimate of drug-likeness (QED) is 0.516. The van der Waals surface area contributed by atoms with E-state index in [4.69, 9.17) is 4.74 Å². The SMILES string of the molecule is O=C1CCC(N2Cc3cc(C#CCOC4CCN(C(=O)C5CCCCC5)CC4)ccc3C2=O)C(=O)N1. The van der Waals surface area contributed by atoms with Gasteiger partial charge in [-0.3, -0.25) is 24.5 Å². The minimum absolute atomic E-state index is 0.120. The Morgan fingerprint density at radius 2 is 1.81 bits per heavy atom. The normalized spacial score (nSPS) is 23.2. The van der Waals surface area contributed by atoms with Crippen LogP contribution in [0.5, 0.6) is 0 Å². The van der Waals surface area contributed by atoms with E-state index in [2.05, 4.69) is 17.2 Å². The number of hydrogen-bond acceptors (Lipinski definition) is 5. The molecule has 190 valence electrons. The molecule has 1 N–H and O–H groups in total. The molecule has 4 aliphatic rings. The van der Waals surface area contributed by atoms with Crippen LogP contribution in [0.4, 0.5) is 0 Å². The van der Waals surface area contributed by atoms with E-state index in [0.29, 0.717) is 31.0 Å². The molecule has 1 saturated carbocycles. The van der Waals surface area contributed by atoms with Crippen molar-refractivity contribution in [3.8, 4) is 11.8 Å². The number of rotatable bonds is 4. The topological polar surface area (TPSA) is 96.0 Å². The second-order valence-corrected chi connectivity index (χ2v) is 10.2. The Kier molecular flexibility index (Phi) is 7.38. The third-order valence-corrected chi connectivity index (χ3v) is 7.86. The Morgan fingerprint density at radius 1 is 1.03 bits per heavy atom. The molecule has 3 heterocycles. The van der Waals surface area contributed by atoms with E-state index in [1.165, 1.54) is 24.2 Å². The average Bonchev–Trinajstić information content (AvgIpc) is 3.22. The summed E-state index contributed by atoms with van der Waals surface area (Å²) < 4.78 is 5.96. The minimum Gasteiger partial charge on any atom is -0.365 e. The van der Waals surface area contributed by atoms with Gasteiger partial charge in [0.1, 0.15) is 12.6 Å². The highest BCUT2D eigenvalue weighted by atomic mass is 16.5. The van der Waals surface area contributed by atoms with Crippen molar-refractivity contribution in [3.05, 3.63) is 34.9 Å². The maximum atomic E-state index is 12.8. The predicted octanol–water partition coefficient (Wildman–Crippen LogP) is 2.39. The first kappa shape index (κ1) is 24.5. The summed E-state index contributed by atoms with van der Waals surface area (Å²) in [6, 6.07) is 4.84. The molecule has 1 atom stereocenters. The van der Waals surface area contributed by atoms with Crippen LogP contribution in [-0.2, 0) is 25.7 Å². The zero-order chi connectivity index (χ0) is 25.1. The van der Waals surface area contributed by atoms with E-state index >= 15 is 0 Å². The molecule has 0 bridgehead atoms. The maximum Gasteiger partial charge on any atom is 0.255 e. The number of carbonyl (C=O) groups is 4. The monoisotopic (exact) mass is 491 g/mol. The molecule has 0 radical (unpaired) electrons.